The fourth-order valence-electron chi connectivity index (χ4n) is 1.49. The minimum absolute atomic E-state index is 0.232. The van der Waals surface area contributed by atoms with E-state index in [1.165, 1.54) is 11.2 Å². The number of rotatable bonds is 4. The third kappa shape index (κ3) is 3.40. The maximum Gasteiger partial charge on any atom is 0.291 e. The number of carbonyl (C=O) groups is 1. The summed E-state index contributed by atoms with van der Waals surface area (Å²) in [6.07, 6.45) is 1.48. The highest BCUT2D eigenvalue weighted by Crippen LogP contribution is 2.24. The Labute approximate surface area is 111 Å². The lowest BCUT2D eigenvalue weighted by atomic mass is 10.3. The maximum absolute atomic E-state index is 11.7. The van der Waals surface area contributed by atoms with Gasteiger partial charge in [0, 0.05) is 15.8 Å². The molecular weight excluding hydrogens is 246 g/mol. The summed E-state index contributed by atoms with van der Waals surface area (Å²) in [5.74, 6) is 0.0832. The molecule has 0 bridgehead atoms. The molecule has 0 spiro atoms. The average Bonchev–Trinajstić information content (AvgIpc) is 2.84. The quantitative estimate of drug-likeness (QED) is 0.845. The summed E-state index contributed by atoms with van der Waals surface area (Å²) >= 11 is 1.79. The first kappa shape index (κ1) is 12.8. The SMILES string of the molecule is CC(C)Sc1ccc(NC(=O)c2ccco2)cc1. The van der Waals surface area contributed by atoms with Gasteiger partial charge < -0.3 is 9.73 Å². The van der Waals surface area contributed by atoms with Crippen LogP contribution in [0.3, 0.4) is 0 Å². The van der Waals surface area contributed by atoms with Crippen molar-refractivity contribution in [2.75, 3.05) is 5.32 Å². The lowest BCUT2D eigenvalue weighted by molar-refractivity contribution is 0.0996. The average molecular weight is 261 g/mol. The van der Waals surface area contributed by atoms with Crippen molar-refractivity contribution in [3.8, 4) is 0 Å². The maximum atomic E-state index is 11.7. The zero-order valence-electron chi connectivity index (χ0n) is 10.3. The van der Waals surface area contributed by atoms with Crippen molar-refractivity contribution in [1.82, 2.24) is 0 Å². The third-order valence-electron chi connectivity index (χ3n) is 2.23. The predicted molar refractivity (Wildman–Crippen MR) is 74.1 cm³/mol. The Balaban J connectivity index is 2.00. The van der Waals surface area contributed by atoms with Gasteiger partial charge in [0.25, 0.3) is 5.91 Å². The third-order valence-corrected chi connectivity index (χ3v) is 3.24. The Morgan fingerprint density at radius 1 is 1.22 bits per heavy atom. The van der Waals surface area contributed by atoms with Crippen molar-refractivity contribution >= 4 is 23.4 Å². The van der Waals surface area contributed by atoms with Gasteiger partial charge in [-0.05, 0) is 36.4 Å². The van der Waals surface area contributed by atoms with Crippen molar-refractivity contribution in [2.24, 2.45) is 0 Å². The van der Waals surface area contributed by atoms with Gasteiger partial charge in [-0.15, -0.1) is 11.8 Å². The first-order valence-corrected chi connectivity index (χ1v) is 6.64. The molecule has 1 heterocycles. The van der Waals surface area contributed by atoms with Gasteiger partial charge >= 0.3 is 0 Å². The molecule has 2 rings (SSSR count). The lowest BCUT2D eigenvalue weighted by Gasteiger charge is -2.06. The van der Waals surface area contributed by atoms with Crippen LogP contribution in [-0.2, 0) is 0 Å². The number of hydrogen-bond donors (Lipinski definition) is 1. The molecule has 0 aliphatic heterocycles. The van der Waals surface area contributed by atoms with Gasteiger partial charge in [0.1, 0.15) is 0 Å². The van der Waals surface area contributed by atoms with E-state index in [9.17, 15) is 4.79 Å². The normalized spacial score (nSPS) is 10.6. The van der Waals surface area contributed by atoms with E-state index >= 15 is 0 Å². The molecule has 18 heavy (non-hydrogen) atoms. The lowest BCUT2D eigenvalue weighted by Crippen LogP contribution is -2.10. The molecule has 0 aliphatic carbocycles. The van der Waals surface area contributed by atoms with E-state index in [-0.39, 0.29) is 5.91 Å². The highest BCUT2D eigenvalue weighted by Gasteiger charge is 2.08. The Kier molecular flexibility index (Phi) is 4.10. The van der Waals surface area contributed by atoms with E-state index < -0.39 is 0 Å². The molecule has 0 unspecified atom stereocenters. The molecular formula is C14H15NO2S. The summed E-state index contributed by atoms with van der Waals surface area (Å²) in [6.45, 7) is 4.30. The van der Waals surface area contributed by atoms with E-state index in [0.29, 0.717) is 11.0 Å². The molecule has 0 aliphatic rings. The van der Waals surface area contributed by atoms with Crippen LogP contribution < -0.4 is 5.32 Å². The molecule has 0 fully saturated rings. The van der Waals surface area contributed by atoms with Crippen molar-refractivity contribution in [2.45, 2.75) is 24.0 Å². The number of nitrogens with one attached hydrogen (secondary N) is 1. The molecule has 2 aromatic rings. The van der Waals surface area contributed by atoms with Crippen LogP contribution in [0.2, 0.25) is 0 Å². The van der Waals surface area contributed by atoms with Gasteiger partial charge in [0.2, 0.25) is 0 Å². The Morgan fingerprint density at radius 3 is 2.50 bits per heavy atom. The number of amides is 1. The minimum Gasteiger partial charge on any atom is -0.459 e. The van der Waals surface area contributed by atoms with Crippen LogP contribution in [0.5, 0.6) is 0 Å². The summed E-state index contributed by atoms with van der Waals surface area (Å²) in [6, 6.07) is 11.1. The number of carbonyl (C=O) groups excluding carboxylic acids is 1. The zero-order chi connectivity index (χ0) is 13.0. The first-order chi connectivity index (χ1) is 8.65. The van der Waals surface area contributed by atoms with Crippen LogP contribution in [0.4, 0.5) is 5.69 Å². The molecule has 0 saturated carbocycles. The van der Waals surface area contributed by atoms with E-state index in [1.807, 2.05) is 24.3 Å². The summed E-state index contributed by atoms with van der Waals surface area (Å²) in [5, 5.41) is 3.33. The predicted octanol–water partition coefficient (Wildman–Crippen LogP) is 4.03. The topological polar surface area (TPSA) is 42.2 Å². The Bertz CT molecular complexity index is 503. The summed E-state index contributed by atoms with van der Waals surface area (Å²) in [7, 11) is 0. The largest absolute Gasteiger partial charge is 0.459 e. The standard InChI is InChI=1S/C14H15NO2S/c1-10(2)18-12-7-5-11(6-8-12)15-14(16)13-4-3-9-17-13/h3-10H,1-2H3,(H,15,16). The van der Waals surface area contributed by atoms with Gasteiger partial charge in [-0.25, -0.2) is 0 Å². The Hall–Kier alpha value is -1.68. The fraction of sp³-hybridized carbons (Fsp3) is 0.214. The second-order valence-electron chi connectivity index (χ2n) is 4.12. The molecule has 0 saturated heterocycles. The second-order valence-corrected chi connectivity index (χ2v) is 5.77. The van der Waals surface area contributed by atoms with Crippen molar-refractivity contribution < 1.29 is 9.21 Å². The zero-order valence-corrected chi connectivity index (χ0v) is 11.2. The van der Waals surface area contributed by atoms with E-state index in [0.717, 1.165) is 5.69 Å². The van der Waals surface area contributed by atoms with Gasteiger partial charge in [-0.1, -0.05) is 13.8 Å². The van der Waals surface area contributed by atoms with Crippen LogP contribution in [-0.4, -0.2) is 11.2 Å². The highest BCUT2D eigenvalue weighted by atomic mass is 32.2. The monoisotopic (exact) mass is 261 g/mol. The van der Waals surface area contributed by atoms with Crippen LogP contribution in [0.1, 0.15) is 24.4 Å². The minimum atomic E-state index is -0.232. The van der Waals surface area contributed by atoms with E-state index in [4.69, 9.17) is 4.42 Å². The number of furan rings is 1. The van der Waals surface area contributed by atoms with Crippen LogP contribution in [0, 0.1) is 0 Å². The smallest absolute Gasteiger partial charge is 0.291 e. The Morgan fingerprint density at radius 2 is 1.94 bits per heavy atom. The molecule has 0 radical (unpaired) electrons. The molecule has 1 amide bonds. The van der Waals surface area contributed by atoms with Crippen LogP contribution in [0.25, 0.3) is 0 Å². The number of thioether (sulfide) groups is 1. The molecule has 3 nitrogen and oxygen atoms in total. The first-order valence-electron chi connectivity index (χ1n) is 5.77. The summed E-state index contributed by atoms with van der Waals surface area (Å²) < 4.78 is 5.03. The molecule has 1 aromatic heterocycles. The summed E-state index contributed by atoms with van der Waals surface area (Å²) in [4.78, 5) is 12.9. The van der Waals surface area contributed by atoms with Crippen molar-refractivity contribution in [3.05, 3.63) is 48.4 Å². The molecule has 4 heteroatoms. The van der Waals surface area contributed by atoms with E-state index in [1.54, 1.807) is 23.9 Å². The number of benzene rings is 1. The molecule has 0 atom stereocenters. The molecule has 1 aromatic carbocycles. The molecule has 1 N–H and O–H groups in total. The highest BCUT2D eigenvalue weighted by molar-refractivity contribution is 7.99. The van der Waals surface area contributed by atoms with Gasteiger partial charge in [0.15, 0.2) is 5.76 Å². The van der Waals surface area contributed by atoms with Crippen molar-refractivity contribution in [3.63, 3.8) is 0 Å². The van der Waals surface area contributed by atoms with Gasteiger partial charge in [0.05, 0.1) is 6.26 Å². The van der Waals surface area contributed by atoms with E-state index in [2.05, 4.69) is 19.2 Å². The van der Waals surface area contributed by atoms with Crippen LogP contribution in [0.15, 0.2) is 52.0 Å². The van der Waals surface area contributed by atoms with Crippen LogP contribution >= 0.6 is 11.8 Å². The fourth-order valence-corrected chi connectivity index (χ4v) is 2.33. The number of anilines is 1. The number of hydrogen-bond acceptors (Lipinski definition) is 3. The van der Waals surface area contributed by atoms with Gasteiger partial charge in [-0.3, -0.25) is 4.79 Å². The van der Waals surface area contributed by atoms with Gasteiger partial charge in [-0.2, -0.15) is 0 Å². The summed E-state index contributed by atoms with van der Waals surface area (Å²) in [5.41, 5.74) is 0.768. The molecule has 94 valence electrons. The second kappa shape index (κ2) is 5.78. The van der Waals surface area contributed by atoms with Crippen molar-refractivity contribution in [1.29, 1.82) is 0 Å².